The molecular weight excluding hydrogens is 331 g/mol. The van der Waals surface area contributed by atoms with Crippen LogP contribution in [0.5, 0.6) is 5.75 Å². The largest absolute Gasteiger partial charge is 0.487 e. The van der Waals surface area contributed by atoms with Crippen molar-refractivity contribution < 1.29 is 4.74 Å². The molecule has 1 aromatic carbocycles. The Bertz CT molecular complexity index is 853. The minimum atomic E-state index is -0.110. The van der Waals surface area contributed by atoms with E-state index in [2.05, 4.69) is 4.98 Å². The molecule has 7 heteroatoms. The quantitative estimate of drug-likeness (QED) is 0.725. The number of ether oxygens (including phenoxy) is 1. The Kier molecular flexibility index (Phi) is 3.89. The highest BCUT2D eigenvalue weighted by atomic mass is 35.5. The van der Waals surface area contributed by atoms with Gasteiger partial charge >= 0.3 is 0 Å². The predicted molar refractivity (Wildman–Crippen MR) is 84.9 cm³/mol. The summed E-state index contributed by atoms with van der Waals surface area (Å²) in [5, 5.41) is 2.88. The van der Waals surface area contributed by atoms with Gasteiger partial charge in [-0.3, -0.25) is 9.20 Å². The predicted octanol–water partition coefficient (Wildman–Crippen LogP) is 3.95. The SMILES string of the molecule is Cc1csc2nc(COc3cc(Cl)cc(Cl)c3)cc(=O)n12. The molecule has 2 aromatic heterocycles. The minimum Gasteiger partial charge on any atom is -0.487 e. The molecule has 0 aliphatic carbocycles. The van der Waals surface area contributed by atoms with Gasteiger partial charge in [-0.25, -0.2) is 4.98 Å². The van der Waals surface area contributed by atoms with Gasteiger partial charge in [-0.15, -0.1) is 11.3 Å². The minimum absolute atomic E-state index is 0.110. The number of halogens is 2. The van der Waals surface area contributed by atoms with Crippen LogP contribution in [0, 0.1) is 6.92 Å². The van der Waals surface area contributed by atoms with Gasteiger partial charge in [0.15, 0.2) is 4.96 Å². The first kappa shape index (κ1) is 14.4. The van der Waals surface area contributed by atoms with Crippen molar-refractivity contribution in [3.05, 3.63) is 61.4 Å². The zero-order chi connectivity index (χ0) is 15.0. The zero-order valence-corrected chi connectivity index (χ0v) is 13.3. The van der Waals surface area contributed by atoms with Gasteiger partial charge in [0.2, 0.25) is 0 Å². The van der Waals surface area contributed by atoms with Crippen molar-refractivity contribution >= 4 is 39.5 Å². The number of benzene rings is 1. The Morgan fingerprint density at radius 3 is 2.67 bits per heavy atom. The average molecular weight is 341 g/mol. The van der Waals surface area contributed by atoms with Gasteiger partial charge < -0.3 is 4.74 Å². The zero-order valence-electron chi connectivity index (χ0n) is 11.0. The van der Waals surface area contributed by atoms with Crippen LogP contribution >= 0.6 is 34.5 Å². The van der Waals surface area contributed by atoms with Gasteiger partial charge in [-0.2, -0.15) is 0 Å². The second-order valence-corrected chi connectivity index (χ2v) is 6.18. The van der Waals surface area contributed by atoms with E-state index >= 15 is 0 Å². The summed E-state index contributed by atoms with van der Waals surface area (Å²) < 4.78 is 7.16. The molecule has 108 valence electrons. The van der Waals surface area contributed by atoms with Crippen molar-refractivity contribution in [3.63, 3.8) is 0 Å². The van der Waals surface area contributed by atoms with E-state index in [0.29, 0.717) is 26.4 Å². The molecule has 0 atom stereocenters. The van der Waals surface area contributed by atoms with Crippen molar-refractivity contribution in [2.24, 2.45) is 0 Å². The van der Waals surface area contributed by atoms with Gasteiger partial charge in [0.1, 0.15) is 12.4 Å². The summed E-state index contributed by atoms with van der Waals surface area (Å²) in [4.78, 5) is 17.1. The highest BCUT2D eigenvalue weighted by Crippen LogP contribution is 2.24. The fourth-order valence-electron chi connectivity index (χ4n) is 1.94. The summed E-state index contributed by atoms with van der Waals surface area (Å²) in [5.74, 6) is 0.539. The molecule has 0 aliphatic rings. The van der Waals surface area contributed by atoms with Crippen LogP contribution in [0.4, 0.5) is 0 Å². The van der Waals surface area contributed by atoms with E-state index in [0.717, 1.165) is 5.69 Å². The number of thiazole rings is 1. The topological polar surface area (TPSA) is 43.6 Å². The molecule has 0 saturated carbocycles. The number of aryl methyl sites for hydroxylation is 1. The van der Waals surface area contributed by atoms with Crippen molar-refractivity contribution in [2.45, 2.75) is 13.5 Å². The van der Waals surface area contributed by atoms with Gasteiger partial charge in [-0.1, -0.05) is 23.2 Å². The second kappa shape index (κ2) is 5.67. The van der Waals surface area contributed by atoms with Crippen molar-refractivity contribution in [2.75, 3.05) is 0 Å². The molecule has 21 heavy (non-hydrogen) atoms. The van der Waals surface area contributed by atoms with E-state index < -0.39 is 0 Å². The molecule has 0 spiro atoms. The summed E-state index contributed by atoms with van der Waals surface area (Å²) in [6.07, 6.45) is 0. The van der Waals surface area contributed by atoms with Crippen LogP contribution in [0.15, 0.2) is 34.4 Å². The Morgan fingerprint density at radius 2 is 1.95 bits per heavy atom. The highest BCUT2D eigenvalue weighted by molar-refractivity contribution is 7.15. The van der Waals surface area contributed by atoms with Crippen molar-refractivity contribution in [3.8, 4) is 5.75 Å². The Labute approximate surface area is 134 Å². The Balaban J connectivity index is 1.86. The van der Waals surface area contributed by atoms with E-state index in [1.807, 2.05) is 12.3 Å². The third-order valence-electron chi connectivity index (χ3n) is 2.85. The second-order valence-electron chi connectivity index (χ2n) is 4.47. The number of hydrogen-bond donors (Lipinski definition) is 0. The van der Waals surface area contributed by atoms with E-state index in [1.165, 1.54) is 17.4 Å². The molecule has 3 rings (SSSR count). The summed E-state index contributed by atoms with van der Waals surface area (Å²) in [6, 6.07) is 6.42. The lowest BCUT2D eigenvalue weighted by Crippen LogP contribution is -2.15. The summed E-state index contributed by atoms with van der Waals surface area (Å²) in [5.41, 5.74) is 1.33. The molecule has 0 amide bonds. The van der Waals surface area contributed by atoms with Gasteiger partial charge in [0.05, 0.1) is 5.69 Å². The molecule has 4 nitrogen and oxygen atoms in total. The average Bonchev–Trinajstić information content (AvgIpc) is 2.77. The van der Waals surface area contributed by atoms with Crippen LogP contribution < -0.4 is 10.3 Å². The lowest BCUT2D eigenvalue weighted by Gasteiger charge is -2.07. The summed E-state index contributed by atoms with van der Waals surface area (Å²) in [6.45, 7) is 2.05. The number of hydrogen-bond acceptors (Lipinski definition) is 4. The molecule has 2 heterocycles. The summed E-state index contributed by atoms with van der Waals surface area (Å²) >= 11 is 13.2. The molecule has 0 N–H and O–H groups in total. The lowest BCUT2D eigenvalue weighted by atomic mass is 10.3. The van der Waals surface area contributed by atoms with E-state index in [9.17, 15) is 4.79 Å². The van der Waals surface area contributed by atoms with Gasteiger partial charge in [0.25, 0.3) is 5.56 Å². The molecule has 0 fully saturated rings. The third kappa shape index (κ3) is 3.05. The fourth-order valence-corrected chi connectivity index (χ4v) is 3.34. The molecule has 0 unspecified atom stereocenters. The normalized spacial score (nSPS) is 11.0. The third-order valence-corrected chi connectivity index (χ3v) is 4.23. The number of aromatic nitrogens is 2. The van der Waals surface area contributed by atoms with Crippen LogP contribution in [0.1, 0.15) is 11.4 Å². The first-order valence-corrected chi connectivity index (χ1v) is 7.72. The van der Waals surface area contributed by atoms with Gasteiger partial charge in [-0.05, 0) is 25.1 Å². The van der Waals surface area contributed by atoms with E-state index in [1.54, 1.807) is 22.6 Å². The van der Waals surface area contributed by atoms with Crippen molar-refractivity contribution in [1.82, 2.24) is 9.38 Å². The molecule has 3 aromatic rings. The Morgan fingerprint density at radius 1 is 1.24 bits per heavy atom. The lowest BCUT2D eigenvalue weighted by molar-refractivity contribution is 0.301. The van der Waals surface area contributed by atoms with Crippen LogP contribution in [0.2, 0.25) is 10.0 Å². The summed E-state index contributed by atoms with van der Waals surface area (Å²) in [7, 11) is 0. The fraction of sp³-hybridized carbons (Fsp3) is 0.143. The maximum Gasteiger partial charge on any atom is 0.259 e. The van der Waals surface area contributed by atoms with E-state index in [4.69, 9.17) is 27.9 Å². The smallest absolute Gasteiger partial charge is 0.259 e. The van der Waals surface area contributed by atoms with Crippen LogP contribution in [0.3, 0.4) is 0 Å². The van der Waals surface area contributed by atoms with Crippen LogP contribution in [-0.2, 0) is 6.61 Å². The van der Waals surface area contributed by atoms with Crippen LogP contribution in [-0.4, -0.2) is 9.38 Å². The Hall–Kier alpha value is -1.56. The number of fused-ring (bicyclic) bond motifs is 1. The maximum absolute atomic E-state index is 12.0. The highest BCUT2D eigenvalue weighted by Gasteiger charge is 2.07. The first-order chi connectivity index (χ1) is 10.0. The molecule has 0 saturated heterocycles. The molecular formula is C14H10Cl2N2O2S. The number of rotatable bonds is 3. The monoisotopic (exact) mass is 340 g/mol. The van der Waals surface area contributed by atoms with E-state index in [-0.39, 0.29) is 12.2 Å². The first-order valence-electron chi connectivity index (χ1n) is 6.08. The van der Waals surface area contributed by atoms with Gasteiger partial charge in [0, 0.05) is 27.2 Å². The number of nitrogens with zero attached hydrogens (tertiary/aromatic N) is 2. The molecule has 0 bridgehead atoms. The maximum atomic E-state index is 12.0. The molecule has 0 aliphatic heterocycles. The molecule has 0 radical (unpaired) electrons. The standard InChI is InChI=1S/C14H10Cl2N2O2S/c1-8-7-21-14-17-11(5-13(19)18(8)14)6-20-12-3-9(15)2-10(16)4-12/h2-5,7H,6H2,1H3. The van der Waals surface area contributed by atoms with Crippen LogP contribution in [0.25, 0.3) is 4.96 Å². The van der Waals surface area contributed by atoms with Crippen molar-refractivity contribution in [1.29, 1.82) is 0 Å².